The standard InChI is InChI=1S/C17H19F2N3O2/c1-11(12-6-8-13(9-7-12)24-17(18)19)21-16(23)14-5-4-10-20-15(14)22(2)3/h4-11,17H,1-3H3,(H,21,23)/t11-/m1/s1. The van der Waals surface area contributed by atoms with E-state index >= 15 is 0 Å². The Morgan fingerprint density at radius 1 is 1.21 bits per heavy atom. The SMILES string of the molecule is C[C@@H](NC(=O)c1cccnc1N(C)C)c1ccc(OC(F)F)cc1. The van der Waals surface area contributed by atoms with Gasteiger partial charge in [0.05, 0.1) is 11.6 Å². The van der Waals surface area contributed by atoms with Crippen LogP contribution in [-0.4, -0.2) is 31.6 Å². The summed E-state index contributed by atoms with van der Waals surface area (Å²) < 4.78 is 28.6. The van der Waals surface area contributed by atoms with Crippen molar-refractivity contribution in [1.29, 1.82) is 0 Å². The Labute approximate surface area is 139 Å². The number of nitrogens with zero attached hydrogens (tertiary/aromatic N) is 2. The van der Waals surface area contributed by atoms with Crippen molar-refractivity contribution in [2.75, 3.05) is 19.0 Å². The van der Waals surface area contributed by atoms with Crippen LogP contribution in [0.3, 0.4) is 0 Å². The smallest absolute Gasteiger partial charge is 0.387 e. The molecule has 0 saturated carbocycles. The number of carbonyl (C=O) groups is 1. The number of benzene rings is 1. The fraction of sp³-hybridized carbons (Fsp3) is 0.294. The number of pyridine rings is 1. The van der Waals surface area contributed by atoms with Gasteiger partial charge in [-0.15, -0.1) is 0 Å². The highest BCUT2D eigenvalue weighted by Gasteiger charge is 2.16. The number of halogens is 2. The van der Waals surface area contributed by atoms with Crippen LogP contribution in [0, 0.1) is 0 Å². The molecule has 2 rings (SSSR count). The number of amides is 1. The van der Waals surface area contributed by atoms with Gasteiger partial charge in [-0.3, -0.25) is 4.79 Å². The Hall–Kier alpha value is -2.70. The molecule has 1 amide bonds. The van der Waals surface area contributed by atoms with E-state index in [1.54, 1.807) is 35.4 Å². The van der Waals surface area contributed by atoms with Gasteiger partial charge in [0.2, 0.25) is 0 Å². The topological polar surface area (TPSA) is 54.5 Å². The summed E-state index contributed by atoms with van der Waals surface area (Å²) in [5.41, 5.74) is 1.24. The summed E-state index contributed by atoms with van der Waals surface area (Å²) >= 11 is 0. The van der Waals surface area contributed by atoms with Crippen molar-refractivity contribution in [3.8, 4) is 5.75 Å². The van der Waals surface area contributed by atoms with Crippen LogP contribution in [0.25, 0.3) is 0 Å². The van der Waals surface area contributed by atoms with Crippen LogP contribution in [0.4, 0.5) is 14.6 Å². The molecule has 0 aliphatic carbocycles. The number of nitrogens with one attached hydrogen (secondary N) is 1. The highest BCUT2D eigenvalue weighted by atomic mass is 19.3. The normalized spacial score (nSPS) is 11.9. The monoisotopic (exact) mass is 335 g/mol. The van der Waals surface area contributed by atoms with E-state index in [0.29, 0.717) is 11.4 Å². The zero-order valence-corrected chi connectivity index (χ0v) is 13.7. The van der Waals surface area contributed by atoms with Gasteiger partial charge in [0, 0.05) is 20.3 Å². The van der Waals surface area contributed by atoms with Gasteiger partial charge in [-0.2, -0.15) is 8.78 Å². The number of hydrogen-bond acceptors (Lipinski definition) is 4. The van der Waals surface area contributed by atoms with Gasteiger partial charge in [0.15, 0.2) is 0 Å². The van der Waals surface area contributed by atoms with Gasteiger partial charge in [-0.1, -0.05) is 12.1 Å². The van der Waals surface area contributed by atoms with Crippen LogP contribution in [0.2, 0.25) is 0 Å². The number of carbonyl (C=O) groups excluding carboxylic acids is 1. The first-order chi connectivity index (χ1) is 11.4. The number of aromatic nitrogens is 1. The lowest BCUT2D eigenvalue weighted by molar-refractivity contribution is -0.0498. The van der Waals surface area contributed by atoms with Crippen molar-refractivity contribution in [2.45, 2.75) is 19.6 Å². The second-order valence-electron chi connectivity index (χ2n) is 5.41. The van der Waals surface area contributed by atoms with Crippen molar-refractivity contribution in [3.63, 3.8) is 0 Å². The maximum atomic E-state index is 12.5. The van der Waals surface area contributed by atoms with E-state index in [1.807, 2.05) is 21.0 Å². The summed E-state index contributed by atoms with van der Waals surface area (Å²) in [6.07, 6.45) is 1.62. The molecule has 128 valence electrons. The van der Waals surface area contributed by atoms with Gasteiger partial charge >= 0.3 is 6.61 Å². The molecule has 1 N–H and O–H groups in total. The van der Waals surface area contributed by atoms with E-state index in [-0.39, 0.29) is 17.7 Å². The van der Waals surface area contributed by atoms with Crippen molar-refractivity contribution < 1.29 is 18.3 Å². The Kier molecular flexibility index (Phi) is 5.68. The molecule has 0 unspecified atom stereocenters. The molecule has 7 heteroatoms. The zero-order valence-electron chi connectivity index (χ0n) is 13.7. The third kappa shape index (κ3) is 4.41. The Bertz CT molecular complexity index is 690. The van der Waals surface area contributed by atoms with E-state index < -0.39 is 6.61 Å². The minimum atomic E-state index is -2.86. The number of rotatable bonds is 6. The van der Waals surface area contributed by atoms with Crippen LogP contribution in [-0.2, 0) is 0 Å². The molecule has 0 spiro atoms. The third-order valence-corrected chi connectivity index (χ3v) is 3.41. The van der Waals surface area contributed by atoms with Gasteiger partial charge in [-0.05, 0) is 36.8 Å². The minimum absolute atomic E-state index is 0.0782. The van der Waals surface area contributed by atoms with Crippen molar-refractivity contribution in [2.24, 2.45) is 0 Å². The third-order valence-electron chi connectivity index (χ3n) is 3.41. The zero-order chi connectivity index (χ0) is 17.7. The second kappa shape index (κ2) is 7.72. The summed E-state index contributed by atoms with van der Waals surface area (Å²) in [7, 11) is 3.62. The average molecular weight is 335 g/mol. The molecule has 0 bridgehead atoms. The van der Waals surface area contributed by atoms with Crippen LogP contribution < -0.4 is 15.0 Å². The lowest BCUT2D eigenvalue weighted by atomic mass is 10.1. The van der Waals surface area contributed by atoms with Crippen molar-refractivity contribution >= 4 is 11.7 Å². The lowest BCUT2D eigenvalue weighted by Gasteiger charge is -2.18. The predicted octanol–water partition coefficient (Wildman–Crippen LogP) is 3.24. The predicted molar refractivity (Wildman–Crippen MR) is 87.5 cm³/mol. The van der Waals surface area contributed by atoms with E-state index in [1.165, 1.54) is 12.1 Å². The Morgan fingerprint density at radius 3 is 2.46 bits per heavy atom. The number of hydrogen-bond donors (Lipinski definition) is 1. The summed E-state index contributed by atoms with van der Waals surface area (Å²) in [5, 5.41) is 2.87. The highest BCUT2D eigenvalue weighted by molar-refractivity contribution is 5.99. The van der Waals surface area contributed by atoms with E-state index in [4.69, 9.17) is 0 Å². The summed E-state index contributed by atoms with van der Waals surface area (Å²) in [4.78, 5) is 18.4. The maximum Gasteiger partial charge on any atom is 0.387 e. The fourth-order valence-electron chi connectivity index (χ4n) is 2.23. The molecule has 5 nitrogen and oxygen atoms in total. The van der Waals surface area contributed by atoms with Crippen LogP contribution >= 0.6 is 0 Å². The molecule has 0 fully saturated rings. The van der Waals surface area contributed by atoms with Crippen LogP contribution in [0.1, 0.15) is 28.9 Å². The van der Waals surface area contributed by atoms with Crippen molar-refractivity contribution in [1.82, 2.24) is 10.3 Å². The molecular weight excluding hydrogens is 316 g/mol. The molecule has 1 aromatic heterocycles. The molecule has 0 saturated heterocycles. The van der Waals surface area contributed by atoms with Crippen LogP contribution in [0.5, 0.6) is 5.75 Å². The van der Waals surface area contributed by atoms with Gasteiger partial charge in [-0.25, -0.2) is 4.98 Å². The highest BCUT2D eigenvalue weighted by Crippen LogP contribution is 2.20. The maximum absolute atomic E-state index is 12.5. The molecular formula is C17H19F2N3O2. The number of anilines is 1. The first kappa shape index (κ1) is 17.7. The molecule has 0 aliphatic heterocycles. The van der Waals surface area contributed by atoms with Gasteiger partial charge in [0.1, 0.15) is 11.6 Å². The number of alkyl halides is 2. The average Bonchev–Trinajstić information content (AvgIpc) is 2.54. The summed E-state index contributed by atoms with van der Waals surface area (Å²) in [5.74, 6) is 0.393. The molecule has 1 aromatic carbocycles. The summed E-state index contributed by atoms with van der Waals surface area (Å²) in [6, 6.07) is 9.26. The first-order valence-electron chi connectivity index (χ1n) is 7.36. The van der Waals surface area contributed by atoms with Gasteiger partial charge < -0.3 is 15.0 Å². The molecule has 1 heterocycles. The Balaban J connectivity index is 2.09. The molecule has 1 atom stereocenters. The molecule has 0 aliphatic rings. The van der Waals surface area contributed by atoms with Gasteiger partial charge in [0.25, 0.3) is 5.91 Å². The molecule has 24 heavy (non-hydrogen) atoms. The fourth-order valence-corrected chi connectivity index (χ4v) is 2.23. The Morgan fingerprint density at radius 2 is 1.88 bits per heavy atom. The molecule has 2 aromatic rings. The quantitative estimate of drug-likeness (QED) is 0.880. The minimum Gasteiger partial charge on any atom is -0.435 e. The largest absolute Gasteiger partial charge is 0.435 e. The molecule has 0 radical (unpaired) electrons. The number of ether oxygens (including phenoxy) is 1. The van der Waals surface area contributed by atoms with Crippen molar-refractivity contribution in [3.05, 3.63) is 53.7 Å². The lowest BCUT2D eigenvalue weighted by Crippen LogP contribution is -2.28. The summed E-state index contributed by atoms with van der Waals surface area (Å²) in [6.45, 7) is -1.05. The van der Waals surface area contributed by atoms with E-state index in [2.05, 4.69) is 15.0 Å². The van der Waals surface area contributed by atoms with E-state index in [9.17, 15) is 13.6 Å². The van der Waals surface area contributed by atoms with Crippen LogP contribution in [0.15, 0.2) is 42.6 Å². The second-order valence-corrected chi connectivity index (χ2v) is 5.41. The van der Waals surface area contributed by atoms with E-state index in [0.717, 1.165) is 5.56 Å². The first-order valence-corrected chi connectivity index (χ1v) is 7.36.